The molecule has 1 aromatic heterocycles. The van der Waals surface area contributed by atoms with Crippen LogP contribution in [0.1, 0.15) is 59.8 Å². The van der Waals surface area contributed by atoms with Gasteiger partial charge in [-0.2, -0.15) is 13.2 Å². The summed E-state index contributed by atoms with van der Waals surface area (Å²) >= 11 is 0. The molecular formula is C28H28F3N3O5. The minimum atomic E-state index is -4.43. The summed E-state index contributed by atoms with van der Waals surface area (Å²) in [6.07, 6.45) is -1.28. The molecule has 4 rings (SSSR count). The number of carboxylic acids is 1. The number of benzene rings is 2. The Labute approximate surface area is 223 Å². The van der Waals surface area contributed by atoms with Gasteiger partial charge in [0.25, 0.3) is 5.91 Å². The summed E-state index contributed by atoms with van der Waals surface area (Å²) in [5.41, 5.74) is -0.0985. The Morgan fingerprint density at radius 3 is 2.38 bits per heavy atom. The number of carboxylic acid groups (broad SMARTS) is 1. The molecule has 0 radical (unpaired) electrons. The van der Waals surface area contributed by atoms with Crippen LogP contribution in [0.5, 0.6) is 11.5 Å². The fraction of sp³-hybridized carbons (Fsp3) is 0.357. The molecule has 0 aliphatic heterocycles. The van der Waals surface area contributed by atoms with Crippen molar-refractivity contribution in [2.75, 3.05) is 13.2 Å². The van der Waals surface area contributed by atoms with Gasteiger partial charge in [0.05, 0.1) is 23.4 Å². The number of aryl methyl sites for hydroxylation is 1. The summed E-state index contributed by atoms with van der Waals surface area (Å²) in [6.45, 7) is 5.07. The molecular weight excluding hydrogens is 515 g/mol. The molecule has 2 N–H and O–H groups in total. The van der Waals surface area contributed by atoms with E-state index >= 15 is 0 Å². The summed E-state index contributed by atoms with van der Waals surface area (Å²) < 4.78 is 49.9. The second-order valence-corrected chi connectivity index (χ2v) is 9.79. The van der Waals surface area contributed by atoms with Crippen molar-refractivity contribution in [2.45, 2.75) is 51.3 Å². The predicted octanol–water partition coefficient (Wildman–Crippen LogP) is 5.40. The van der Waals surface area contributed by atoms with E-state index in [0.29, 0.717) is 33.9 Å². The number of hydrogen-bond acceptors (Lipinski definition) is 6. The molecule has 1 aliphatic rings. The normalized spacial score (nSPS) is 13.6. The molecule has 3 aromatic rings. The van der Waals surface area contributed by atoms with Crippen molar-refractivity contribution in [1.29, 1.82) is 0 Å². The monoisotopic (exact) mass is 543 g/mol. The Balaban J connectivity index is 1.36. The first-order chi connectivity index (χ1) is 18.3. The number of aliphatic carboxylic acids is 1. The van der Waals surface area contributed by atoms with E-state index in [0.717, 1.165) is 25.0 Å². The molecule has 2 aromatic carbocycles. The molecule has 11 heteroatoms. The highest BCUT2D eigenvalue weighted by molar-refractivity contribution is 5.95. The number of alkyl halides is 3. The van der Waals surface area contributed by atoms with Crippen LogP contribution in [0, 0.1) is 6.92 Å². The molecule has 0 atom stereocenters. The van der Waals surface area contributed by atoms with Crippen LogP contribution in [-0.4, -0.2) is 45.7 Å². The number of halogens is 3. The number of amides is 1. The highest BCUT2D eigenvalue weighted by Crippen LogP contribution is 2.41. The highest BCUT2D eigenvalue weighted by atomic mass is 19.4. The lowest BCUT2D eigenvalue weighted by Gasteiger charge is -2.23. The highest BCUT2D eigenvalue weighted by Gasteiger charge is 2.32. The average molecular weight is 544 g/mol. The first-order valence-electron chi connectivity index (χ1n) is 12.3. The standard InChI is InChI=1S/C28H28F3N3O5/c1-16-14-20(10-11-22(16)39-27(2,3)26(36)37)38-13-12-32-25(35)21-15-33-24(34-23(21)17-4-5-17)18-6-8-19(9-7-18)28(29,30)31/h6-11,14-15,17H,4-5,12-13H2,1-3H3,(H,32,35)(H,36,37). The molecule has 0 saturated heterocycles. The number of ether oxygens (including phenoxy) is 2. The zero-order chi connectivity index (χ0) is 28.4. The van der Waals surface area contributed by atoms with E-state index in [1.165, 1.54) is 32.2 Å². The summed E-state index contributed by atoms with van der Waals surface area (Å²) in [5.74, 6) is -0.119. The Bertz CT molecular complexity index is 1370. The zero-order valence-electron chi connectivity index (χ0n) is 21.6. The Morgan fingerprint density at radius 1 is 1.10 bits per heavy atom. The maximum absolute atomic E-state index is 12.9. The summed E-state index contributed by atoms with van der Waals surface area (Å²) in [6, 6.07) is 9.60. The first-order valence-corrected chi connectivity index (χ1v) is 12.3. The molecule has 1 saturated carbocycles. The number of hydrogen-bond donors (Lipinski definition) is 2. The van der Waals surface area contributed by atoms with E-state index in [-0.39, 0.29) is 30.8 Å². The van der Waals surface area contributed by atoms with Crippen LogP contribution in [0.25, 0.3) is 11.4 Å². The molecule has 206 valence electrons. The van der Waals surface area contributed by atoms with Gasteiger partial charge in [0.2, 0.25) is 0 Å². The molecule has 8 nitrogen and oxygen atoms in total. The molecule has 1 amide bonds. The third-order valence-corrected chi connectivity index (χ3v) is 6.18. The van der Waals surface area contributed by atoms with E-state index in [4.69, 9.17) is 9.47 Å². The number of aromatic nitrogens is 2. The minimum Gasteiger partial charge on any atom is -0.492 e. The van der Waals surface area contributed by atoms with Gasteiger partial charge in [-0.3, -0.25) is 4.79 Å². The third kappa shape index (κ3) is 6.84. The lowest BCUT2D eigenvalue weighted by molar-refractivity contribution is -0.152. The Kier molecular flexibility index (Phi) is 7.80. The maximum atomic E-state index is 12.9. The van der Waals surface area contributed by atoms with Crippen LogP contribution in [0.3, 0.4) is 0 Å². The van der Waals surface area contributed by atoms with Crippen molar-refractivity contribution in [3.8, 4) is 22.9 Å². The van der Waals surface area contributed by atoms with Crippen molar-refractivity contribution in [2.24, 2.45) is 0 Å². The predicted molar refractivity (Wildman–Crippen MR) is 136 cm³/mol. The van der Waals surface area contributed by atoms with Crippen molar-refractivity contribution in [3.63, 3.8) is 0 Å². The number of nitrogens with one attached hydrogen (secondary N) is 1. The van der Waals surface area contributed by atoms with E-state index < -0.39 is 23.3 Å². The molecule has 0 bridgehead atoms. The molecule has 39 heavy (non-hydrogen) atoms. The minimum absolute atomic E-state index is 0.105. The van der Waals surface area contributed by atoms with Gasteiger partial charge < -0.3 is 19.9 Å². The Hall–Kier alpha value is -4.15. The average Bonchev–Trinajstić information content (AvgIpc) is 3.73. The van der Waals surface area contributed by atoms with Crippen LogP contribution in [0.2, 0.25) is 0 Å². The molecule has 0 unspecified atom stereocenters. The van der Waals surface area contributed by atoms with Gasteiger partial charge in [0, 0.05) is 17.7 Å². The summed E-state index contributed by atoms with van der Waals surface area (Å²) in [5, 5.41) is 12.0. The van der Waals surface area contributed by atoms with E-state index in [9.17, 15) is 27.9 Å². The van der Waals surface area contributed by atoms with E-state index in [1.807, 2.05) is 0 Å². The van der Waals surface area contributed by atoms with Gasteiger partial charge in [0.15, 0.2) is 11.4 Å². The van der Waals surface area contributed by atoms with Gasteiger partial charge in [-0.1, -0.05) is 12.1 Å². The second kappa shape index (κ2) is 10.9. The van der Waals surface area contributed by atoms with Gasteiger partial charge in [0.1, 0.15) is 18.1 Å². The van der Waals surface area contributed by atoms with Gasteiger partial charge in [-0.05, 0) is 69.5 Å². The van der Waals surface area contributed by atoms with E-state index in [1.54, 1.807) is 25.1 Å². The summed E-state index contributed by atoms with van der Waals surface area (Å²) in [7, 11) is 0. The topological polar surface area (TPSA) is 111 Å². The van der Waals surface area contributed by atoms with Crippen LogP contribution >= 0.6 is 0 Å². The van der Waals surface area contributed by atoms with Crippen LogP contribution < -0.4 is 14.8 Å². The lowest BCUT2D eigenvalue weighted by atomic mass is 10.1. The SMILES string of the molecule is Cc1cc(OCCNC(=O)c2cnc(-c3ccc(C(F)(F)F)cc3)nc2C2CC2)ccc1OC(C)(C)C(=O)O. The first kappa shape index (κ1) is 27.9. The van der Waals surface area contributed by atoms with Crippen molar-refractivity contribution in [3.05, 3.63) is 71.0 Å². The smallest absolute Gasteiger partial charge is 0.416 e. The largest absolute Gasteiger partial charge is 0.492 e. The fourth-order valence-corrected chi connectivity index (χ4v) is 3.76. The third-order valence-electron chi connectivity index (χ3n) is 6.18. The Morgan fingerprint density at radius 2 is 1.79 bits per heavy atom. The molecule has 0 spiro atoms. The number of nitrogens with zero attached hydrogens (tertiary/aromatic N) is 2. The van der Waals surface area contributed by atoms with Crippen molar-refractivity contribution < 1.29 is 37.3 Å². The maximum Gasteiger partial charge on any atom is 0.416 e. The van der Waals surface area contributed by atoms with Crippen LogP contribution in [0.15, 0.2) is 48.7 Å². The van der Waals surface area contributed by atoms with Gasteiger partial charge in [-0.25, -0.2) is 14.8 Å². The lowest BCUT2D eigenvalue weighted by Crippen LogP contribution is -2.38. The molecule has 1 heterocycles. The number of carbonyl (C=O) groups is 2. The second-order valence-electron chi connectivity index (χ2n) is 9.79. The number of carbonyl (C=O) groups excluding carboxylic acids is 1. The van der Waals surface area contributed by atoms with Crippen molar-refractivity contribution >= 4 is 11.9 Å². The summed E-state index contributed by atoms with van der Waals surface area (Å²) in [4.78, 5) is 32.9. The van der Waals surface area contributed by atoms with Crippen molar-refractivity contribution in [1.82, 2.24) is 15.3 Å². The van der Waals surface area contributed by atoms with Crippen LogP contribution in [0.4, 0.5) is 13.2 Å². The zero-order valence-corrected chi connectivity index (χ0v) is 21.6. The van der Waals surface area contributed by atoms with Crippen LogP contribution in [-0.2, 0) is 11.0 Å². The van der Waals surface area contributed by atoms with Gasteiger partial charge in [-0.15, -0.1) is 0 Å². The number of rotatable bonds is 10. The van der Waals surface area contributed by atoms with E-state index in [2.05, 4.69) is 15.3 Å². The fourth-order valence-electron chi connectivity index (χ4n) is 3.76. The van der Waals surface area contributed by atoms with Gasteiger partial charge >= 0.3 is 12.1 Å². The molecule has 1 aliphatic carbocycles. The quantitative estimate of drug-likeness (QED) is 0.330. The molecule has 1 fully saturated rings.